The standard InChI is InChI=1S/C47H50FN9O6/c1-27(2)22-36(54-46(60)62-3)44(58)56-20-8-12-39(56)42-49-25-37(52-42)30-16-19-34-29(23-30)15-18-35(51-34)31-14-17-32(33(48)24-31)38-26-50-43(53-38)40-13-9-21-57(40)45(59)41(55-47(61)63-4)28-10-6-5-7-11-28/h5-7,10-11,14-19,23-27,36,39-41H,8-9,12-13,20-22H2,1-4H3,(H,49,52)(H,50,53)(H,54,60)(H,55,61)/t36-,39-,40-,41+/m0/s1. The summed E-state index contributed by atoms with van der Waals surface area (Å²) >= 11 is 0. The Hall–Kier alpha value is -7.10. The van der Waals surface area contributed by atoms with E-state index in [2.05, 4.69) is 30.6 Å². The van der Waals surface area contributed by atoms with Gasteiger partial charge in [0.2, 0.25) is 5.91 Å². The predicted molar refractivity (Wildman–Crippen MR) is 233 cm³/mol. The van der Waals surface area contributed by atoms with Crippen molar-refractivity contribution < 1.29 is 33.0 Å². The number of hydrogen-bond donors (Lipinski definition) is 4. The molecule has 16 heteroatoms. The van der Waals surface area contributed by atoms with Gasteiger partial charge in [0.05, 0.1) is 61.3 Å². The van der Waals surface area contributed by atoms with Crippen molar-refractivity contribution in [3.63, 3.8) is 0 Å². The Morgan fingerprint density at radius 2 is 1.40 bits per heavy atom. The van der Waals surface area contributed by atoms with E-state index >= 15 is 4.39 Å². The lowest BCUT2D eigenvalue weighted by Gasteiger charge is -2.29. The Labute approximate surface area is 363 Å². The summed E-state index contributed by atoms with van der Waals surface area (Å²) in [6.07, 6.45) is 5.43. The number of H-pyrrole nitrogens is 2. The predicted octanol–water partition coefficient (Wildman–Crippen LogP) is 8.02. The van der Waals surface area contributed by atoms with E-state index in [1.54, 1.807) is 52.5 Å². The van der Waals surface area contributed by atoms with Crippen LogP contribution in [0.1, 0.15) is 81.3 Å². The van der Waals surface area contributed by atoms with Crippen LogP contribution >= 0.6 is 0 Å². The molecule has 0 unspecified atom stereocenters. The van der Waals surface area contributed by atoms with Gasteiger partial charge in [-0.05, 0) is 73.9 Å². The highest BCUT2D eigenvalue weighted by molar-refractivity contribution is 5.88. The van der Waals surface area contributed by atoms with Gasteiger partial charge in [0, 0.05) is 35.2 Å². The quantitative estimate of drug-likeness (QED) is 0.0946. The summed E-state index contributed by atoms with van der Waals surface area (Å²) in [6, 6.07) is 21.3. The number of likely N-dealkylation sites (tertiary alicyclic amines) is 2. The van der Waals surface area contributed by atoms with Crippen molar-refractivity contribution in [3.8, 4) is 33.8 Å². The Morgan fingerprint density at radius 1 is 0.762 bits per heavy atom. The second kappa shape index (κ2) is 18.5. The van der Waals surface area contributed by atoms with Crippen LogP contribution in [0.5, 0.6) is 0 Å². The topological polar surface area (TPSA) is 188 Å². The molecule has 0 bridgehead atoms. The van der Waals surface area contributed by atoms with E-state index < -0.39 is 36.1 Å². The van der Waals surface area contributed by atoms with Gasteiger partial charge in [-0.2, -0.15) is 0 Å². The number of carbonyl (C=O) groups excluding carboxylic acids is 4. The number of carbonyl (C=O) groups is 4. The van der Waals surface area contributed by atoms with Gasteiger partial charge in [-0.1, -0.05) is 62.4 Å². The number of hydrogen-bond acceptors (Lipinski definition) is 9. The zero-order valence-electron chi connectivity index (χ0n) is 35.6. The van der Waals surface area contributed by atoms with E-state index in [1.165, 1.54) is 20.3 Å². The molecule has 4 atom stereocenters. The molecule has 326 valence electrons. The first-order chi connectivity index (χ1) is 30.5. The molecule has 8 rings (SSSR count). The minimum Gasteiger partial charge on any atom is -0.453 e. The minimum atomic E-state index is -0.949. The molecule has 2 aliphatic rings. The van der Waals surface area contributed by atoms with Crippen LogP contribution in [0.4, 0.5) is 14.0 Å². The highest BCUT2D eigenvalue weighted by Gasteiger charge is 2.38. The number of amides is 4. The average molecular weight is 856 g/mol. The van der Waals surface area contributed by atoms with Crippen molar-refractivity contribution in [1.29, 1.82) is 0 Å². The molecule has 0 saturated carbocycles. The van der Waals surface area contributed by atoms with Crippen LogP contribution in [0, 0.1) is 11.7 Å². The van der Waals surface area contributed by atoms with Crippen molar-refractivity contribution in [2.45, 2.75) is 70.1 Å². The third-order valence-corrected chi connectivity index (χ3v) is 11.8. The summed E-state index contributed by atoms with van der Waals surface area (Å²) in [5, 5.41) is 6.27. The monoisotopic (exact) mass is 855 g/mol. The number of fused-ring (bicyclic) bond motifs is 1. The third kappa shape index (κ3) is 9.10. The second-order valence-corrected chi connectivity index (χ2v) is 16.3. The van der Waals surface area contributed by atoms with Crippen molar-refractivity contribution >= 4 is 34.9 Å². The summed E-state index contributed by atoms with van der Waals surface area (Å²) in [5.74, 6) is 0.493. The lowest BCUT2D eigenvalue weighted by Crippen LogP contribution is -2.49. The average Bonchev–Trinajstić information content (AvgIpc) is 4.15. The van der Waals surface area contributed by atoms with Gasteiger partial charge in [0.25, 0.3) is 5.91 Å². The highest BCUT2D eigenvalue weighted by Crippen LogP contribution is 2.36. The Morgan fingerprint density at radius 3 is 2.06 bits per heavy atom. The number of aromatic amines is 2. The third-order valence-electron chi connectivity index (χ3n) is 11.8. The van der Waals surface area contributed by atoms with E-state index in [4.69, 9.17) is 14.5 Å². The molecular weight excluding hydrogens is 806 g/mol. The molecule has 0 aliphatic carbocycles. The number of aromatic nitrogens is 5. The maximum absolute atomic E-state index is 15.9. The number of rotatable bonds is 12. The van der Waals surface area contributed by atoms with E-state index in [-0.39, 0.29) is 23.8 Å². The summed E-state index contributed by atoms with van der Waals surface area (Å²) in [5.41, 5.74) is 5.04. The molecule has 5 heterocycles. The summed E-state index contributed by atoms with van der Waals surface area (Å²) in [6.45, 7) is 5.05. The number of methoxy groups -OCH3 is 2. The number of nitrogens with one attached hydrogen (secondary N) is 4. The zero-order valence-corrected chi connectivity index (χ0v) is 35.6. The molecule has 2 saturated heterocycles. The van der Waals surface area contributed by atoms with Crippen molar-refractivity contribution in [3.05, 3.63) is 114 Å². The van der Waals surface area contributed by atoms with Crippen LogP contribution in [0.15, 0.2) is 91.3 Å². The van der Waals surface area contributed by atoms with Gasteiger partial charge < -0.3 is 39.9 Å². The molecule has 0 spiro atoms. The molecule has 3 aromatic heterocycles. The Bertz CT molecular complexity index is 2630. The number of ether oxygens (including phenoxy) is 2. The highest BCUT2D eigenvalue weighted by atomic mass is 19.1. The van der Waals surface area contributed by atoms with E-state index in [9.17, 15) is 19.2 Å². The largest absolute Gasteiger partial charge is 0.453 e. The first-order valence-corrected chi connectivity index (χ1v) is 21.2. The van der Waals surface area contributed by atoms with Gasteiger partial charge in [-0.15, -0.1) is 0 Å². The fourth-order valence-electron chi connectivity index (χ4n) is 8.64. The fraction of sp³-hybridized carbons (Fsp3) is 0.340. The smallest absolute Gasteiger partial charge is 0.407 e. The molecule has 15 nitrogen and oxygen atoms in total. The van der Waals surface area contributed by atoms with Gasteiger partial charge in [0.15, 0.2) is 0 Å². The normalized spacial score (nSPS) is 17.2. The minimum absolute atomic E-state index is 0.154. The number of nitrogens with zero attached hydrogens (tertiary/aromatic N) is 5. The fourth-order valence-corrected chi connectivity index (χ4v) is 8.64. The van der Waals surface area contributed by atoms with Crippen molar-refractivity contribution in [2.75, 3.05) is 27.3 Å². The summed E-state index contributed by atoms with van der Waals surface area (Å²) in [7, 11) is 2.53. The molecule has 3 aromatic carbocycles. The Kier molecular flexibility index (Phi) is 12.5. The molecule has 4 amide bonds. The SMILES string of the molecule is COC(=O)N[C@@H](CC(C)C)C(=O)N1CCC[C@H]1c1ncc(-c2ccc3nc(-c4ccc(-c5cnc([C@@H]6CCCN6C(=O)[C@H](NC(=O)OC)c6ccccc6)[nH]5)c(F)c4)ccc3c2)[nH]1. The molecule has 2 fully saturated rings. The van der Waals surface area contributed by atoms with Crippen LogP contribution in [-0.2, 0) is 19.1 Å². The lowest BCUT2D eigenvalue weighted by atomic mass is 10.0. The van der Waals surface area contributed by atoms with Crippen LogP contribution in [0.2, 0.25) is 0 Å². The molecule has 6 aromatic rings. The van der Waals surface area contributed by atoms with Crippen molar-refractivity contribution in [2.24, 2.45) is 5.92 Å². The molecule has 0 radical (unpaired) electrons. The summed E-state index contributed by atoms with van der Waals surface area (Å²) < 4.78 is 25.5. The molecular formula is C47H50FN9O6. The molecule has 63 heavy (non-hydrogen) atoms. The van der Waals surface area contributed by atoms with E-state index in [1.807, 2.05) is 56.3 Å². The van der Waals surface area contributed by atoms with Crippen LogP contribution in [0.3, 0.4) is 0 Å². The lowest BCUT2D eigenvalue weighted by molar-refractivity contribution is -0.135. The number of halogens is 1. The maximum atomic E-state index is 15.9. The van der Waals surface area contributed by atoms with Gasteiger partial charge in [0.1, 0.15) is 29.5 Å². The number of benzene rings is 3. The van der Waals surface area contributed by atoms with Crippen LogP contribution < -0.4 is 10.6 Å². The first kappa shape index (κ1) is 42.6. The molecule has 4 N–H and O–H groups in total. The van der Waals surface area contributed by atoms with E-state index in [0.29, 0.717) is 65.7 Å². The maximum Gasteiger partial charge on any atom is 0.407 e. The van der Waals surface area contributed by atoms with Gasteiger partial charge in [-0.25, -0.2) is 28.9 Å². The number of pyridine rings is 1. The Balaban J connectivity index is 0.958. The summed E-state index contributed by atoms with van der Waals surface area (Å²) in [4.78, 5) is 76.2. The van der Waals surface area contributed by atoms with Gasteiger partial charge >= 0.3 is 12.2 Å². The van der Waals surface area contributed by atoms with Gasteiger partial charge in [-0.3, -0.25) is 9.59 Å². The van der Waals surface area contributed by atoms with Crippen LogP contribution in [0.25, 0.3) is 44.7 Å². The first-order valence-electron chi connectivity index (χ1n) is 21.2. The van der Waals surface area contributed by atoms with E-state index in [0.717, 1.165) is 41.4 Å². The molecule has 2 aliphatic heterocycles. The second-order valence-electron chi connectivity index (χ2n) is 16.3. The number of alkyl carbamates (subject to hydrolysis) is 2. The van der Waals surface area contributed by atoms with Crippen molar-refractivity contribution in [1.82, 2.24) is 45.4 Å². The zero-order chi connectivity index (χ0) is 44.2. The number of imidazole rings is 2. The van der Waals surface area contributed by atoms with Crippen LogP contribution in [-0.4, -0.2) is 92.1 Å².